The Hall–Kier alpha value is -1.45. The number of hydrogen-bond acceptors (Lipinski definition) is 4. The monoisotopic (exact) mass is 208 g/mol. The van der Waals surface area contributed by atoms with E-state index in [1.54, 1.807) is 6.20 Å². The molecule has 0 aliphatic heterocycles. The lowest BCUT2D eigenvalue weighted by atomic mass is 10.2. The van der Waals surface area contributed by atoms with E-state index in [4.69, 9.17) is 4.74 Å². The molecule has 0 saturated heterocycles. The zero-order valence-corrected chi connectivity index (χ0v) is 9.36. The van der Waals surface area contributed by atoms with Gasteiger partial charge in [-0.25, -0.2) is 4.98 Å². The summed E-state index contributed by atoms with van der Waals surface area (Å²) < 4.78 is 5.53. The molecule has 0 aliphatic rings. The molecule has 0 radical (unpaired) electrons. The predicted molar refractivity (Wildman–Crippen MR) is 56.9 cm³/mol. The summed E-state index contributed by atoms with van der Waals surface area (Å²) in [6, 6.07) is 0. The van der Waals surface area contributed by atoms with Crippen LogP contribution in [0.4, 0.5) is 0 Å². The number of rotatable bonds is 5. The Morgan fingerprint density at radius 2 is 2.27 bits per heavy atom. The van der Waals surface area contributed by atoms with Gasteiger partial charge in [0.25, 0.3) is 0 Å². The highest BCUT2D eigenvalue weighted by Gasteiger charge is 2.08. The van der Waals surface area contributed by atoms with Gasteiger partial charge in [-0.2, -0.15) is 4.98 Å². The van der Waals surface area contributed by atoms with Crippen LogP contribution in [0, 0.1) is 0 Å². The maximum absolute atomic E-state index is 10.5. The normalized spacial score (nSPS) is 10.4. The van der Waals surface area contributed by atoms with Gasteiger partial charge in [-0.05, 0) is 13.8 Å². The largest absolute Gasteiger partial charge is 0.475 e. The molecule has 0 unspecified atom stereocenters. The van der Waals surface area contributed by atoms with Crippen molar-refractivity contribution in [2.24, 2.45) is 0 Å². The number of carbonyl (C=O) groups excluding carboxylic acids is 1. The number of aldehydes is 1. The first-order chi connectivity index (χ1) is 7.17. The van der Waals surface area contributed by atoms with Crippen molar-refractivity contribution in [1.82, 2.24) is 9.97 Å². The zero-order chi connectivity index (χ0) is 11.3. The average Bonchev–Trinajstić information content (AvgIpc) is 2.20. The van der Waals surface area contributed by atoms with Gasteiger partial charge >= 0.3 is 0 Å². The van der Waals surface area contributed by atoms with Gasteiger partial charge in [0.15, 0.2) is 0 Å². The Morgan fingerprint density at radius 3 is 2.80 bits per heavy atom. The third kappa shape index (κ3) is 3.31. The Kier molecular flexibility index (Phi) is 4.21. The topological polar surface area (TPSA) is 52.1 Å². The van der Waals surface area contributed by atoms with Crippen molar-refractivity contribution in [2.75, 3.05) is 0 Å². The molecule has 0 aromatic carbocycles. The number of carbonyl (C=O) groups is 1. The minimum Gasteiger partial charge on any atom is -0.475 e. The van der Waals surface area contributed by atoms with Gasteiger partial charge in [0.1, 0.15) is 12.1 Å². The van der Waals surface area contributed by atoms with Crippen LogP contribution in [0.15, 0.2) is 6.20 Å². The highest BCUT2D eigenvalue weighted by Crippen LogP contribution is 2.16. The SMILES string of the molecule is CCc1ncc(CC=O)c(OC(C)C)n1. The molecule has 0 spiro atoms. The second-order valence-corrected chi connectivity index (χ2v) is 3.51. The third-order valence-corrected chi connectivity index (χ3v) is 1.84. The molecule has 4 nitrogen and oxygen atoms in total. The second-order valence-electron chi connectivity index (χ2n) is 3.51. The average molecular weight is 208 g/mol. The fraction of sp³-hybridized carbons (Fsp3) is 0.545. The van der Waals surface area contributed by atoms with E-state index in [2.05, 4.69) is 9.97 Å². The van der Waals surface area contributed by atoms with E-state index >= 15 is 0 Å². The van der Waals surface area contributed by atoms with E-state index in [1.807, 2.05) is 20.8 Å². The summed E-state index contributed by atoms with van der Waals surface area (Å²) in [5.41, 5.74) is 0.746. The van der Waals surface area contributed by atoms with E-state index in [9.17, 15) is 4.79 Å². The second kappa shape index (κ2) is 5.44. The van der Waals surface area contributed by atoms with Crippen molar-refractivity contribution in [3.8, 4) is 5.88 Å². The standard InChI is InChI=1S/C11H16N2O2/c1-4-10-12-7-9(5-6-14)11(13-10)15-8(2)3/h6-8H,4-5H2,1-3H3. The van der Waals surface area contributed by atoms with Gasteiger partial charge in [-0.15, -0.1) is 0 Å². The van der Waals surface area contributed by atoms with Gasteiger partial charge in [-0.3, -0.25) is 0 Å². The lowest BCUT2D eigenvalue weighted by Gasteiger charge is -2.12. The molecule has 0 amide bonds. The number of aromatic nitrogens is 2. The van der Waals surface area contributed by atoms with E-state index in [0.717, 1.165) is 24.1 Å². The van der Waals surface area contributed by atoms with Crippen molar-refractivity contribution in [1.29, 1.82) is 0 Å². The molecular formula is C11H16N2O2. The molecule has 1 aromatic rings. The number of nitrogens with zero attached hydrogens (tertiary/aromatic N) is 2. The van der Waals surface area contributed by atoms with Crippen molar-refractivity contribution >= 4 is 6.29 Å². The molecule has 4 heteroatoms. The van der Waals surface area contributed by atoms with Gasteiger partial charge in [0, 0.05) is 24.6 Å². The number of hydrogen-bond donors (Lipinski definition) is 0. The van der Waals surface area contributed by atoms with Crippen LogP contribution in [0.25, 0.3) is 0 Å². The number of ether oxygens (including phenoxy) is 1. The predicted octanol–water partition coefficient (Wildman–Crippen LogP) is 1.57. The van der Waals surface area contributed by atoms with E-state index in [-0.39, 0.29) is 6.10 Å². The molecule has 1 aromatic heterocycles. The van der Waals surface area contributed by atoms with Gasteiger partial charge in [0.2, 0.25) is 5.88 Å². The van der Waals surface area contributed by atoms with E-state index in [0.29, 0.717) is 12.3 Å². The van der Waals surface area contributed by atoms with E-state index < -0.39 is 0 Å². The summed E-state index contributed by atoms with van der Waals surface area (Å²) in [4.78, 5) is 18.8. The minimum absolute atomic E-state index is 0.0509. The Morgan fingerprint density at radius 1 is 1.53 bits per heavy atom. The molecule has 1 rings (SSSR count). The lowest BCUT2D eigenvalue weighted by Crippen LogP contribution is -2.11. The van der Waals surface area contributed by atoms with Crippen LogP contribution < -0.4 is 4.74 Å². The molecule has 0 bridgehead atoms. The Labute approximate surface area is 89.7 Å². The van der Waals surface area contributed by atoms with Crippen LogP contribution in [0.2, 0.25) is 0 Å². The summed E-state index contributed by atoms with van der Waals surface area (Å²) in [6.45, 7) is 5.84. The van der Waals surface area contributed by atoms with Crippen LogP contribution in [0.1, 0.15) is 32.2 Å². The number of aryl methyl sites for hydroxylation is 1. The molecule has 0 N–H and O–H groups in total. The molecule has 15 heavy (non-hydrogen) atoms. The van der Waals surface area contributed by atoms with Crippen LogP contribution in [-0.2, 0) is 17.6 Å². The summed E-state index contributed by atoms with van der Waals surface area (Å²) in [7, 11) is 0. The van der Waals surface area contributed by atoms with Gasteiger partial charge in [0.05, 0.1) is 6.10 Å². The fourth-order valence-corrected chi connectivity index (χ4v) is 1.15. The molecule has 0 aliphatic carbocycles. The highest BCUT2D eigenvalue weighted by molar-refractivity contribution is 5.56. The first kappa shape index (κ1) is 11.6. The van der Waals surface area contributed by atoms with Crippen LogP contribution >= 0.6 is 0 Å². The summed E-state index contributed by atoms with van der Waals surface area (Å²) in [5.74, 6) is 1.27. The van der Waals surface area contributed by atoms with Gasteiger partial charge in [-0.1, -0.05) is 6.92 Å². The van der Waals surface area contributed by atoms with Crippen molar-refractivity contribution in [3.05, 3.63) is 17.6 Å². The molecular weight excluding hydrogens is 192 g/mol. The van der Waals surface area contributed by atoms with Crippen LogP contribution in [0.3, 0.4) is 0 Å². The van der Waals surface area contributed by atoms with Crippen molar-refractivity contribution in [2.45, 2.75) is 39.7 Å². The van der Waals surface area contributed by atoms with Gasteiger partial charge < -0.3 is 9.53 Å². The molecule has 0 fully saturated rings. The van der Waals surface area contributed by atoms with E-state index in [1.165, 1.54) is 0 Å². The molecule has 82 valence electrons. The highest BCUT2D eigenvalue weighted by atomic mass is 16.5. The lowest BCUT2D eigenvalue weighted by molar-refractivity contribution is -0.107. The maximum atomic E-state index is 10.5. The molecule has 1 heterocycles. The van der Waals surface area contributed by atoms with Crippen molar-refractivity contribution < 1.29 is 9.53 Å². The minimum atomic E-state index is 0.0509. The molecule has 0 saturated carbocycles. The Bertz CT molecular complexity index is 337. The van der Waals surface area contributed by atoms with Crippen molar-refractivity contribution in [3.63, 3.8) is 0 Å². The first-order valence-electron chi connectivity index (χ1n) is 5.12. The zero-order valence-electron chi connectivity index (χ0n) is 9.36. The van der Waals surface area contributed by atoms with Crippen LogP contribution in [0.5, 0.6) is 5.88 Å². The third-order valence-electron chi connectivity index (χ3n) is 1.84. The smallest absolute Gasteiger partial charge is 0.220 e. The quantitative estimate of drug-likeness (QED) is 0.689. The summed E-state index contributed by atoms with van der Waals surface area (Å²) in [6.07, 6.45) is 3.60. The fourth-order valence-electron chi connectivity index (χ4n) is 1.15. The summed E-state index contributed by atoms with van der Waals surface area (Å²) in [5, 5.41) is 0. The molecule has 0 atom stereocenters. The summed E-state index contributed by atoms with van der Waals surface area (Å²) >= 11 is 0. The Balaban J connectivity index is 2.98. The first-order valence-corrected chi connectivity index (χ1v) is 5.12. The maximum Gasteiger partial charge on any atom is 0.220 e. The van der Waals surface area contributed by atoms with Crippen LogP contribution in [-0.4, -0.2) is 22.4 Å².